The lowest BCUT2D eigenvalue weighted by Gasteiger charge is -2.22. The molecule has 0 spiro atoms. The van der Waals surface area contributed by atoms with Crippen molar-refractivity contribution in [1.29, 1.82) is 0 Å². The topological polar surface area (TPSA) is 50.5 Å². The van der Waals surface area contributed by atoms with Crippen LogP contribution in [0.2, 0.25) is 0 Å². The first-order valence-electron chi connectivity index (χ1n) is 11.9. The lowest BCUT2D eigenvalue weighted by atomic mass is 10.1. The molecule has 0 saturated heterocycles. The molecule has 1 aromatic heterocycles. The van der Waals surface area contributed by atoms with Crippen molar-refractivity contribution in [2.24, 2.45) is 0 Å². The van der Waals surface area contributed by atoms with Crippen molar-refractivity contribution in [3.8, 4) is 11.3 Å². The fourth-order valence-corrected chi connectivity index (χ4v) is 4.15. The molecular weight excluding hydrogens is 465 g/mol. The summed E-state index contributed by atoms with van der Waals surface area (Å²) >= 11 is 0. The van der Waals surface area contributed by atoms with Gasteiger partial charge in [0.15, 0.2) is 5.43 Å². The Morgan fingerprint density at radius 1 is 0.784 bits per heavy atom. The SMILES string of the molecule is O=C(/C=C/c1ccccc1)N(Cc1ccc(F)cc1)Cc1cccc(-c2cc(=O)c3ccccc3o2)c1. The van der Waals surface area contributed by atoms with Gasteiger partial charge in [-0.2, -0.15) is 0 Å². The van der Waals surface area contributed by atoms with Crippen molar-refractivity contribution in [3.63, 3.8) is 0 Å². The standard InChI is InChI=1S/C32H24FNO3/c33-27-16-13-24(14-17-27)21-34(32(36)18-15-23-7-2-1-3-8-23)22-25-9-6-10-26(19-25)31-20-29(35)28-11-4-5-12-30(28)37-31/h1-20H,21-22H2/b18-15+. The molecule has 0 saturated carbocycles. The highest BCUT2D eigenvalue weighted by atomic mass is 19.1. The average Bonchev–Trinajstić information content (AvgIpc) is 2.93. The molecule has 0 aliphatic rings. The summed E-state index contributed by atoms with van der Waals surface area (Å²) < 4.78 is 19.4. The van der Waals surface area contributed by atoms with Crippen molar-refractivity contribution in [1.82, 2.24) is 4.90 Å². The van der Waals surface area contributed by atoms with Crippen LogP contribution < -0.4 is 5.43 Å². The predicted octanol–water partition coefficient (Wildman–Crippen LogP) is 6.84. The summed E-state index contributed by atoms with van der Waals surface area (Å²) in [6, 6.07) is 32.0. The number of amides is 1. The number of rotatable bonds is 7. The zero-order valence-corrected chi connectivity index (χ0v) is 20.0. The van der Waals surface area contributed by atoms with Crippen LogP contribution in [0.3, 0.4) is 0 Å². The monoisotopic (exact) mass is 489 g/mol. The third-order valence-corrected chi connectivity index (χ3v) is 6.04. The third-order valence-electron chi connectivity index (χ3n) is 6.04. The highest BCUT2D eigenvalue weighted by molar-refractivity contribution is 5.91. The third kappa shape index (κ3) is 5.90. The van der Waals surface area contributed by atoms with E-state index in [0.717, 1.165) is 22.3 Å². The molecule has 0 bridgehead atoms. The van der Waals surface area contributed by atoms with Gasteiger partial charge in [-0.25, -0.2) is 4.39 Å². The summed E-state index contributed by atoms with van der Waals surface area (Å²) in [5, 5.41) is 0.531. The van der Waals surface area contributed by atoms with Crippen molar-refractivity contribution in [2.45, 2.75) is 13.1 Å². The van der Waals surface area contributed by atoms with Gasteiger partial charge in [0.25, 0.3) is 0 Å². The number of hydrogen-bond donors (Lipinski definition) is 0. The van der Waals surface area contributed by atoms with Crippen LogP contribution in [0.15, 0.2) is 124 Å². The molecule has 5 rings (SSSR count). The number of benzene rings is 4. The Morgan fingerprint density at radius 2 is 1.51 bits per heavy atom. The van der Waals surface area contributed by atoms with Crippen LogP contribution in [-0.4, -0.2) is 10.8 Å². The maximum Gasteiger partial charge on any atom is 0.247 e. The number of halogens is 1. The molecule has 0 aliphatic heterocycles. The smallest absolute Gasteiger partial charge is 0.247 e. The summed E-state index contributed by atoms with van der Waals surface area (Å²) in [5.74, 6) is -0.0306. The van der Waals surface area contributed by atoms with E-state index in [-0.39, 0.29) is 17.2 Å². The van der Waals surface area contributed by atoms with E-state index in [1.807, 2.05) is 60.7 Å². The summed E-state index contributed by atoms with van der Waals surface area (Å²) in [6.07, 6.45) is 3.32. The molecule has 0 fully saturated rings. The molecule has 0 N–H and O–H groups in total. The van der Waals surface area contributed by atoms with Crippen molar-refractivity contribution in [2.75, 3.05) is 0 Å². The second-order valence-electron chi connectivity index (χ2n) is 8.74. The van der Waals surface area contributed by atoms with Crippen LogP contribution in [0.25, 0.3) is 28.4 Å². The van der Waals surface area contributed by atoms with Gasteiger partial charge in [-0.15, -0.1) is 0 Å². The number of carbonyl (C=O) groups excluding carboxylic acids is 1. The molecule has 1 heterocycles. The van der Waals surface area contributed by atoms with E-state index in [4.69, 9.17) is 4.42 Å². The summed E-state index contributed by atoms with van der Waals surface area (Å²) in [7, 11) is 0. The van der Waals surface area contributed by atoms with Crippen molar-refractivity contribution < 1.29 is 13.6 Å². The first-order chi connectivity index (χ1) is 18.0. The van der Waals surface area contributed by atoms with Gasteiger partial charge in [-0.1, -0.05) is 72.8 Å². The van der Waals surface area contributed by atoms with Gasteiger partial charge in [-0.3, -0.25) is 9.59 Å². The Hall–Kier alpha value is -4.77. The minimum Gasteiger partial charge on any atom is -0.456 e. The predicted molar refractivity (Wildman–Crippen MR) is 144 cm³/mol. The van der Waals surface area contributed by atoms with Gasteiger partial charge in [0.05, 0.1) is 5.39 Å². The fraction of sp³-hybridized carbons (Fsp3) is 0.0625. The summed E-state index contributed by atoms with van der Waals surface area (Å²) in [5.41, 5.74) is 3.77. The molecule has 37 heavy (non-hydrogen) atoms. The second-order valence-corrected chi connectivity index (χ2v) is 8.74. The first-order valence-corrected chi connectivity index (χ1v) is 11.9. The summed E-state index contributed by atoms with van der Waals surface area (Å²) in [6.45, 7) is 0.633. The maximum atomic E-state index is 13.4. The van der Waals surface area contributed by atoms with Crippen molar-refractivity contribution >= 4 is 23.0 Å². The van der Waals surface area contributed by atoms with Gasteiger partial charge >= 0.3 is 0 Å². The maximum absolute atomic E-state index is 13.4. The molecule has 1 amide bonds. The molecule has 4 nitrogen and oxygen atoms in total. The molecule has 5 heteroatoms. The Labute approximate surface area is 213 Å². The van der Waals surface area contributed by atoms with E-state index in [2.05, 4.69) is 0 Å². The van der Waals surface area contributed by atoms with Crippen LogP contribution in [0.5, 0.6) is 0 Å². The number of carbonyl (C=O) groups is 1. The lowest BCUT2D eigenvalue weighted by Crippen LogP contribution is -2.28. The molecular formula is C32H24FNO3. The lowest BCUT2D eigenvalue weighted by molar-refractivity contribution is -0.127. The Bertz CT molecular complexity index is 1620. The van der Waals surface area contributed by atoms with E-state index in [0.29, 0.717) is 29.8 Å². The van der Waals surface area contributed by atoms with E-state index in [9.17, 15) is 14.0 Å². The van der Waals surface area contributed by atoms with Crippen LogP contribution >= 0.6 is 0 Å². The zero-order chi connectivity index (χ0) is 25.6. The van der Waals surface area contributed by atoms with Gasteiger partial charge < -0.3 is 9.32 Å². The van der Waals surface area contributed by atoms with Gasteiger partial charge in [0, 0.05) is 30.8 Å². The van der Waals surface area contributed by atoms with E-state index < -0.39 is 0 Å². The number of hydrogen-bond acceptors (Lipinski definition) is 3. The quantitative estimate of drug-likeness (QED) is 0.235. The molecule has 0 unspecified atom stereocenters. The molecule has 182 valence electrons. The molecule has 0 radical (unpaired) electrons. The Balaban J connectivity index is 1.44. The Morgan fingerprint density at radius 3 is 2.32 bits per heavy atom. The van der Waals surface area contributed by atoms with Crippen LogP contribution in [0.1, 0.15) is 16.7 Å². The number of para-hydroxylation sites is 1. The molecule has 5 aromatic rings. The Kier molecular flexibility index (Phi) is 7.04. The van der Waals surface area contributed by atoms with Gasteiger partial charge in [0.2, 0.25) is 5.91 Å². The van der Waals surface area contributed by atoms with Gasteiger partial charge in [-0.05, 0) is 53.1 Å². The molecule has 0 aliphatic carbocycles. The highest BCUT2D eigenvalue weighted by Crippen LogP contribution is 2.24. The second kappa shape index (κ2) is 10.9. The average molecular weight is 490 g/mol. The largest absolute Gasteiger partial charge is 0.456 e. The van der Waals surface area contributed by atoms with E-state index >= 15 is 0 Å². The number of fused-ring (bicyclic) bond motifs is 1. The minimum absolute atomic E-state index is 0.110. The van der Waals surface area contributed by atoms with Gasteiger partial charge in [0.1, 0.15) is 17.2 Å². The van der Waals surface area contributed by atoms with E-state index in [1.54, 1.807) is 47.4 Å². The van der Waals surface area contributed by atoms with Crippen molar-refractivity contribution in [3.05, 3.63) is 148 Å². The highest BCUT2D eigenvalue weighted by Gasteiger charge is 2.14. The van der Waals surface area contributed by atoms with Crippen LogP contribution in [0, 0.1) is 5.82 Å². The zero-order valence-electron chi connectivity index (χ0n) is 20.0. The fourth-order valence-electron chi connectivity index (χ4n) is 4.15. The normalized spacial score (nSPS) is 11.2. The first kappa shape index (κ1) is 23.9. The number of nitrogens with zero attached hydrogens (tertiary/aromatic N) is 1. The van der Waals surface area contributed by atoms with E-state index in [1.165, 1.54) is 18.2 Å². The molecule has 0 atom stereocenters. The summed E-state index contributed by atoms with van der Waals surface area (Å²) in [4.78, 5) is 27.5. The van der Waals surface area contributed by atoms with Crippen LogP contribution in [0.4, 0.5) is 4.39 Å². The minimum atomic E-state index is -0.324. The molecule has 4 aromatic carbocycles. The van der Waals surface area contributed by atoms with Crippen LogP contribution in [-0.2, 0) is 17.9 Å².